The lowest BCUT2D eigenvalue weighted by molar-refractivity contribution is 0.394. The van der Waals surface area contributed by atoms with Crippen LogP contribution in [0.4, 0.5) is 5.69 Å². The van der Waals surface area contributed by atoms with E-state index in [-0.39, 0.29) is 11.8 Å². The van der Waals surface area contributed by atoms with Gasteiger partial charge in [-0.25, -0.2) is 0 Å². The lowest BCUT2D eigenvalue weighted by Crippen LogP contribution is -2.21. The fourth-order valence-electron chi connectivity index (χ4n) is 3.01. The van der Waals surface area contributed by atoms with Crippen LogP contribution in [-0.4, -0.2) is 14.1 Å². The topological polar surface area (TPSA) is 62.3 Å². The molecule has 4 nitrogen and oxygen atoms in total. The number of nitrogens with zero attached hydrogens (tertiary/aromatic N) is 2. The molecule has 3 rings (SSSR count). The Bertz CT molecular complexity index is 829. The number of nitrogens with two attached hydrogens (primary N) is 1. The summed E-state index contributed by atoms with van der Waals surface area (Å²) in [7, 11) is 3.96. The molecule has 2 aromatic rings. The minimum atomic E-state index is -0.194. The monoisotopic (exact) mass is 319 g/mol. The minimum absolute atomic E-state index is 0.186. The predicted octanol–water partition coefficient (Wildman–Crippen LogP) is 3.53. The van der Waals surface area contributed by atoms with Gasteiger partial charge in [-0.15, -0.1) is 0 Å². The van der Waals surface area contributed by atoms with Gasteiger partial charge < -0.3 is 15.4 Å². The normalized spacial score (nSPS) is 16.2. The number of fused-ring (bicyclic) bond motifs is 1. The number of nitriles is 1. The Morgan fingerprint density at radius 2 is 1.88 bits per heavy atom. The summed E-state index contributed by atoms with van der Waals surface area (Å²) in [5.41, 5.74) is 10.8. The average Bonchev–Trinajstić information content (AvgIpc) is 2.60. The molecule has 0 bridgehead atoms. The Labute approximate surface area is 142 Å². The molecule has 0 saturated carbocycles. The zero-order valence-electron chi connectivity index (χ0n) is 14.2. The first-order valence-corrected chi connectivity index (χ1v) is 8.02. The second kappa shape index (κ2) is 6.29. The molecule has 0 amide bonds. The summed E-state index contributed by atoms with van der Waals surface area (Å²) in [6, 6.07) is 16.6. The van der Waals surface area contributed by atoms with Gasteiger partial charge in [-0.05, 0) is 23.6 Å². The maximum absolute atomic E-state index is 9.59. The van der Waals surface area contributed by atoms with Crippen molar-refractivity contribution in [2.24, 2.45) is 5.73 Å². The molecule has 1 aliphatic rings. The first-order valence-electron chi connectivity index (χ1n) is 8.02. The van der Waals surface area contributed by atoms with Crippen LogP contribution in [-0.2, 0) is 6.42 Å². The third-order valence-electron chi connectivity index (χ3n) is 4.44. The molecular formula is C20H21N3O. The Kier molecular flexibility index (Phi) is 4.18. The molecule has 1 heterocycles. The zero-order valence-corrected chi connectivity index (χ0v) is 14.2. The van der Waals surface area contributed by atoms with E-state index < -0.39 is 0 Å². The van der Waals surface area contributed by atoms with Gasteiger partial charge in [0.1, 0.15) is 17.4 Å². The highest BCUT2D eigenvalue weighted by Gasteiger charge is 2.30. The van der Waals surface area contributed by atoms with Gasteiger partial charge in [-0.1, -0.05) is 37.3 Å². The lowest BCUT2D eigenvalue weighted by Gasteiger charge is -2.27. The quantitative estimate of drug-likeness (QED) is 0.940. The molecule has 2 aromatic carbocycles. The van der Waals surface area contributed by atoms with Crippen molar-refractivity contribution in [3.63, 3.8) is 0 Å². The van der Waals surface area contributed by atoms with Gasteiger partial charge in [0.05, 0.1) is 5.92 Å². The third kappa shape index (κ3) is 2.69. The van der Waals surface area contributed by atoms with Crippen molar-refractivity contribution in [1.29, 1.82) is 5.26 Å². The molecule has 0 spiro atoms. The van der Waals surface area contributed by atoms with Crippen LogP contribution in [0.5, 0.6) is 5.75 Å². The van der Waals surface area contributed by atoms with Crippen molar-refractivity contribution in [3.8, 4) is 11.8 Å². The van der Waals surface area contributed by atoms with Gasteiger partial charge in [0.15, 0.2) is 0 Å². The highest BCUT2D eigenvalue weighted by Crippen LogP contribution is 2.43. The maximum Gasteiger partial charge on any atom is 0.205 e. The van der Waals surface area contributed by atoms with E-state index in [4.69, 9.17) is 10.5 Å². The van der Waals surface area contributed by atoms with E-state index in [1.54, 1.807) is 0 Å². The van der Waals surface area contributed by atoms with Crippen LogP contribution in [0.3, 0.4) is 0 Å². The Morgan fingerprint density at radius 1 is 1.17 bits per heavy atom. The summed E-state index contributed by atoms with van der Waals surface area (Å²) in [6.07, 6.45) is 0.986. The zero-order chi connectivity index (χ0) is 17.3. The second-order valence-corrected chi connectivity index (χ2v) is 6.14. The predicted molar refractivity (Wildman–Crippen MR) is 95.9 cm³/mol. The Hall–Kier alpha value is -2.93. The summed E-state index contributed by atoms with van der Waals surface area (Å²) in [5, 5.41) is 9.59. The number of allylic oxidation sites excluding steroid dienone is 1. The molecule has 1 atom stereocenters. The summed E-state index contributed by atoms with van der Waals surface area (Å²) in [4.78, 5) is 2.01. The fraction of sp³-hybridized carbons (Fsp3) is 0.250. The van der Waals surface area contributed by atoms with Crippen LogP contribution in [0.15, 0.2) is 53.9 Å². The number of hydrogen-bond acceptors (Lipinski definition) is 4. The van der Waals surface area contributed by atoms with Gasteiger partial charge in [0.2, 0.25) is 5.88 Å². The van der Waals surface area contributed by atoms with Gasteiger partial charge in [0.25, 0.3) is 0 Å². The molecule has 0 fully saturated rings. The second-order valence-electron chi connectivity index (χ2n) is 6.14. The smallest absolute Gasteiger partial charge is 0.205 e. The number of aryl methyl sites for hydroxylation is 1. The van der Waals surface area contributed by atoms with Crippen molar-refractivity contribution in [2.75, 3.05) is 19.0 Å². The van der Waals surface area contributed by atoms with E-state index in [0.29, 0.717) is 11.3 Å². The van der Waals surface area contributed by atoms with Gasteiger partial charge in [-0.2, -0.15) is 5.26 Å². The summed E-state index contributed by atoms with van der Waals surface area (Å²) < 4.78 is 5.73. The van der Waals surface area contributed by atoms with Crippen LogP contribution < -0.4 is 15.4 Å². The Balaban J connectivity index is 2.14. The molecule has 0 aliphatic carbocycles. The van der Waals surface area contributed by atoms with Crippen molar-refractivity contribution >= 4 is 5.69 Å². The average molecular weight is 319 g/mol. The van der Waals surface area contributed by atoms with Crippen LogP contribution in [0.2, 0.25) is 0 Å². The molecule has 122 valence electrons. The van der Waals surface area contributed by atoms with E-state index in [1.165, 1.54) is 5.56 Å². The first-order chi connectivity index (χ1) is 11.5. The maximum atomic E-state index is 9.59. The molecule has 0 unspecified atom stereocenters. The number of ether oxygens (including phenoxy) is 1. The Morgan fingerprint density at radius 3 is 2.46 bits per heavy atom. The molecule has 1 aliphatic heterocycles. The van der Waals surface area contributed by atoms with Crippen LogP contribution >= 0.6 is 0 Å². The fourth-order valence-corrected chi connectivity index (χ4v) is 3.01. The number of benzene rings is 2. The van der Waals surface area contributed by atoms with Gasteiger partial charge in [-0.3, -0.25) is 0 Å². The number of rotatable bonds is 3. The van der Waals surface area contributed by atoms with Crippen molar-refractivity contribution in [1.82, 2.24) is 0 Å². The van der Waals surface area contributed by atoms with Crippen LogP contribution in [0, 0.1) is 11.3 Å². The summed E-state index contributed by atoms with van der Waals surface area (Å²) >= 11 is 0. The van der Waals surface area contributed by atoms with Crippen molar-refractivity contribution in [3.05, 3.63) is 70.6 Å². The molecule has 0 radical (unpaired) electrons. The molecular weight excluding hydrogens is 298 g/mol. The van der Waals surface area contributed by atoms with E-state index in [0.717, 1.165) is 23.2 Å². The number of anilines is 1. The minimum Gasteiger partial charge on any atom is -0.440 e. The SMILES string of the molecule is CCc1ccc([C@@H]2C(C#N)=C(N)Oc3cc(N(C)C)ccc32)cc1. The highest BCUT2D eigenvalue weighted by molar-refractivity contribution is 5.61. The molecule has 24 heavy (non-hydrogen) atoms. The van der Waals surface area contributed by atoms with Crippen LogP contribution in [0.25, 0.3) is 0 Å². The van der Waals surface area contributed by atoms with Crippen LogP contribution in [0.1, 0.15) is 29.5 Å². The molecule has 2 N–H and O–H groups in total. The van der Waals surface area contributed by atoms with E-state index in [1.807, 2.05) is 37.2 Å². The van der Waals surface area contributed by atoms with E-state index in [2.05, 4.69) is 37.3 Å². The van der Waals surface area contributed by atoms with Crippen molar-refractivity contribution < 1.29 is 4.74 Å². The van der Waals surface area contributed by atoms with Gasteiger partial charge >= 0.3 is 0 Å². The third-order valence-corrected chi connectivity index (χ3v) is 4.44. The highest BCUT2D eigenvalue weighted by atomic mass is 16.5. The summed E-state index contributed by atoms with van der Waals surface area (Å²) in [6.45, 7) is 2.13. The van der Waals surface area contributed by atoms with E-state index in [9.17, 15) is 5.26 Å². The first kappa shape index (κ1) is 15.9. The number of hydrogen-bond donors (Lipinski definition) is 1. The van der Waals surface area contributed by atoms with Crippen molar-refractivity contribution in [2.45, 2.75) is 19.3 Å². The standard InChI is InChI=1S/C20H21N3O/c1-4-13-5-7-14(8-6-13)19-16-10-9-15(23(2)3)11-18(16)24-20(22)17(19)12-21/h5-11,19H,4,22H2,1-3H3/t19-/m0/s1. The lowest BCUT2D eigenvalue weighted by atomic mass is 9.83. The largest absolute Gasteiger partial charge is 0.440 e. The summed E-state index contributed by atoms with van der Waals surface area (Å²) in [5.74, 6) is 0.702. The molecule has 0 aromatic heterocycles. The van der Waals surface area contributed by atoms with E-state index >= 15 is 0 Å². The molecule has 0 saturated heterocycles. The molecule has 4 heteroatoms. The van der Waals surface area contributed by atoms with Gasteiger partial charge in [0, 0.05) is 31.4 Å².